The summed E-state index contributed by atoms with van der Waals surface area (Å²) in [6.45, 7) is -0.339. The standard InChI is InChI=1S/C14H18F3NO3S/c15-14(16,17)12-3-1-2-11(8-12)13(19)9-18-22(20,21)7-6-10-4-5-10/h1-3,8,10,13,18-19H,4-7,9H2. The van der Waals surface area contributed by atoms with E-state index in [4.69, 9.17) is 0 Å². The molecule has 0 amide bonds. The highest BCUT2D eigenvalue weighted by atomic mass is 32.2. The summed E-state index contributed by atoms with van der Waals surface area (Å²) in [4.78, 5) is 0. The van der Waals surface area contributed by atoms with Crippen LogP contribution in [-0.2, 0) is 16.2 Å². The maximum atomic E-state index is 12.6. The maximum Gasteiger partial charge on any atom is 0.416 e. The number of rotatable bonds is 7. The lowest BCUT2D eigenvalue weighted by molar-refractivity contribution is -0.137. The first-order valence-corrected chi connectivity index (χ1v) is 8.65. The molecule has 1 aliphatic rings. The summed E-state index contributed by atoms with van der Waals surface area (Å²) in [7, 11) is -3.51. The molecule has 8 heteroatoms. The van der Waals surface area contributed by atoms with Crippen LogP contribution in [0.4, 0.5) is 13.2 Å². The van der Waals surface area contributed by atoms with Crippen molar-refractivity contribution in [1.82, 2.24) is 4.72 Å². The molecule has 2 N–H and O–H groups in total. The van der Waals surface area contributed by atoms with Crippen LogP contribution in [0.3, 0.4) is 0 Å². The second-order valence-corrected chi connectivity index (χ2v) is 7.46. The lowest BCUT2D eigenvalue weighted by Gasteiger charge is -2.14. The van der Waals surface area contributed by atoms with E-state index in [1.807, 2.05) is 0 Å². The van der Waals surface area contributed by atoms with E-state index in [0.717, 1.165) is 25.0 Å². The first-order chi connectivity index (χ1) is 10.2. The fraction of sp³-hybridized carbons (Fsp3) is 0.571. The van der Waals surface area contributed by atoms with E-state index in [1.54, 1.807) is 0 Å². The molecule has 1 saturated carbocycles. The zero-order valence-electron chi connectivity index (χ0n) is 11.8. The van der Waals surface area contributed by atoms with Gasteiger partial charge in [-0.05, 0) is 30.0 Å². The summed E-state index contributed by atoms with van der Waals surface area (Å²) in [5.41, 5.74) is -0.847. The Balaban J connectivity index is 1.92. The number of hydrogen-bond acceptors (Lipinski definition) is 3. The van der Waals surface area contributed by atoms with Crippen LogP contribution in [0.1, 0.15) is 36.5 Å². The summed E-state index contributed by atoms with van der Waals surface area (Å²) >= 11 is 0. The highest BCUT2D eigenvalue weighted by molar-refractivity contribution is 7.89. The molecule has 2 rings (SSSR count). The molecular formula is C14H18F3NO3S. The molecule has 124 valence electrons. The van der Waals surface area contributed by atoms with E-state index in [-0.39, 0.29) is 17.9 Å². The third-order valence-electron chi connectivity index (χ3n) is 3.59. The quantitative estimate of drug-likeness (QED) is 0.803. The van der Waals surface area contributed by atoms with Crippen LogP contribution in [0.15, 0.2) is 24.3 Å². The Kier molecular flexibility index (Phi) is 5.14. The van der Waals surface area contributed by atoms with Crippen molar-refractivity contribution in [3.63, 3.8) is 0 Å². The Labute approximate surface area is 127 Å². The molecule has 0 bridgehead atoms. The first kappa shape index (κ1) is 17.2. The van der Waals surface area contributed by atoms with Gasteiger partial charge in [-0.3, -0.25) is 0 Å². The molecule has 1 aliphatic carbocycles. The second-order valence-electron chi connectivity index (χ2n) is 5.54. The van der Waals surface area contributed by atoms with Gasteiger partial charge in [0.1, 0.15) is 0 Å². The number of benzene rings is 1. The number of aliphatic hydroxyl groups excluding tert-OH is 1. The van der Waals surface area contributed by atoms with Crippen molar-refractivity contribution in [3.05, 3.63) is 35.4 Å². The molecule has 1 unspecified atom stereocenters. The third-order valence-corrected chi connectivity index (χ3v) is 4.97. The van der Waals surface area contributed by atoms with Crippen LogP contribution < -0.4 is 4.72 Å². The zero-order chi connectivity index (χ0) is 16.4. The third kappa shape index (κ3) is 5.26. The Bertz CT molecular complexity index is 612. The molecule has 0 aliphatic heterocycles. The van der Waals surface area contributed by atoms with Crippen molar-refractivity contribution in [2.75, 3.05) is 12.3 Å². The van der Waals surface area contributed by atoms with Gasteiger partial charge in [0.2, 0.25) is 10.0 Å². The van der Waals surface area contributed by atoms with Crippen molar-refractivity contribution in [3.8, 4) is 0 Å². The molecule has 22 heavy (non-hydrogen) atoms. The van der Waals surface area contributed by atoms with Crippen LogP contribution in [0.2, 0.25) is 0 Å². The van der Waals surface area contributed by atoms with Gasteiger partial charge >= 0.3 is 6.18 Å². The molecule has 0 aromatic heterocycles. The van der Waals surface area contributed by atoms with Crippen LogP contribution in [0, 0.1) is 5.92 Å². The van der Waals surface area contributed by atoms with Gasteiger partial charge in [-0.1, -0.05) is 25.0 Å². The van der Waals surface area contributed by atoms with E-state index >= 15 is 0 Å². The number of halogens is 3. The molecule has 4 nitrogen and oxygen atoms in total. The fourth-order valence-electron chi connectivity index (χ4n) is 2.05. The van der Waals surface area contributed by atoms with E-state index in [9.17, 15) is 26.7 Å². The maximum absolute atomic E-state index is 12.6. The average molecular weight is 337 g/mol. The van der Waals surface area contributed by atoms with Gasteiger partial charge in [0.15, 0.2) is 0 Å². The molecular weight excluding hydrogens is 319 g/mol. The van der Waals surface area contributed by atoms with Crippen molar-refractivity contribution >= 4 is 10.0 Å². The molecule has 1 atom stereocenters. The Morgan fingerprint density at radius 3 is 2.59 bits per heavy atom. The monoisotopic (exact) mass is 337 g/mol. The van der Waals surface area contributed by atoms with E-state index in [0.29, 0.717) is 12.3 Å². The van der Waals surface area contributed by atoms with Crippen molar-refractivity contribution in [2.45, 2.75) is 31.5 Å². The van der Waals surface area contributed by atoms with Crippen molar-refractivity contribution < 1.29 is 26.7 Å². The summed E-state index contributed by atoms with van der Waals surface area (Å²) in [5, 5.41) is 9.87. The minimum absolute atomic E-state index is 0.0209. The SMILES string of the molecule is O=S(=O)(CCC1CC1)NCC(O)c1cccc(C(F)(F)F)c1. The zero-order valence-corrected chi connectivity index (χ0v) is 12.6. The number of nitrogens with one attached hydrogen (secondary N) is 1. The largest absolute Gasteiger partial charge is 0.416 e. The van der Waals surface area contributed by atoms with Gasteiger partial charge in [-0.15, -0.1) is 0 Å². The highest BCUT2D eigenvalue weighted by Gasteiger charge is 2.31. The minimum Gasteiger partial charge on any atom is -0.387 e. The lowest BCUT2D eigenvalue weighted by Crippen LogP contribution is -2.30. The van der Waals surface area contributed by atoms with Gasteiger partial charge in [0.05, 0.1) is 17.4 Å². The van der Waals surface area contributed by atoms with E-state index in [2.05, 4.69) is 4.72 Å². The molecule has 1 aromatic carbocycles. The second kappa shape index (κ2) is 6.55. The van der Waals surface area contributed by atoms with Crippen molar-refractivity contribution in [1.29, 1.82) is 0 Å². The summed E-state index contributed by atoms with van der Waals surface area (Å²) < 4.78 is 63.5. The molecule has 0 saturated heterocycles. The van der Waals surface area contributed by atoms with Gasteiger partial charge in [0.25, 0.3) is 0 Å². The Morgan fingerprint density at radius 1 is 1.32 bits per heavy atom. The molecule has 0 spiro atoms. The van der Waals surface area contributed by atoms with Crippen molar-refractivity contribution in [2.24, 2.45) is 5.92 Å². The summed E-state index contributed by atoms with van der Waals surface area (Å²) in [6, 6.07) is 4.24. The van der Waals surface area contributed by atoms with Gasteiger partial charge in [0, 0.05) is 6.54 Å². The van der Waals surface area contributed by atoms with E-state index < -0.39 is 27.9 Å². The van der Waals surface area contributed by atoms with Crippen LogP contribution in [0.25, 0.3) is 0 Å². The van der Waals surface area contributed by atoms with Crippen LogP contribution >= 0.6 is 0 Å². The predicted molar refractivity (Wildman–Crippen MR) is 75.5 cm³/mol. The number of hydrogen-bond donors (Lipinski definition) is 2. The minimum atomic E-state index is -4.50. The normalized spacial score (nSPS) is 17.5. The average Bonchev–Trinajstić information content (AvgIpc) is 3.26. The van der Waals surface area contributed by atoms with E-state index in [1.165, 1.54) is 12.1 Å². The smallest absolute Gasteiger partial charge is 0.387 e. The topological polar surface area (TPSA) is 66.4 Å². The van der Waals surface area contributed by atoms with Crippen LogP contribution in [0.5, 0.6) is 0 Å². The molecule has 0 radical (unpaired) electrons. The summed E-state index contributed by atoms with van der Waals surface area (Å²) in [6.07, 6.45) is -3.16. The van der Waals surface area contributed by atoms with Gasteiger partial charge in [-0.2, -0.15) is 13.2 Å². The molecule has 1 aromatic rings. The van der Waals surface area contributed by atoms with Crippen LogP contribution in [-0.4, -0.2) is 25.8 Å². The number of aliphatic hydroxyl groups is 1. The number of sulfonamides is 1. The predicted octanol–water partition coefficient (Wildman–Crippen LogP) is 2.46. The summed E-state index contributed by atoms with van der Waals surface area (Å²) in [5.74, 6) is 0.442. The van der Waals surface area contributed by atoms with Gasteiger partial charge < -0.3 is 5.11 Å². The van der Waals surface area contributed by atoms with Gasteiger partial charge in [-0.25, -0.2) is 13.1 Å². The Hall–Kier alpha value is -1.12. The highest BCUT2D eigenvalue weighted by Crippen LogP contribution is 2.32. The number of alkyl halides is 3. The lowest BCUT2D eigenvalue weighted by atomic mass is 10.1. The Morgan fingerprint density at radius 2 is 2.00 bits per heavy atom. The fourth-order valence-corrected chi connectivity index (χ4v) is 3.25. The molecule has 0 heterocycles. The molecule has 1 fully saturated rings. The first-order valence-electron chi connectivity index (χ1n) is 7.00.